The molecule has 1 aromatic heterocycles. The van der Waals surface area contributed by atoms with Gasteiger partial charge < -0.3 is 5.11 Å². The standard InChI is InChI=1S/C5H2Cl4N2O/c6-3-1-2(5(7,8)9)10-4(12)11-3/h1H,(H,10,11,12). The number of nitrogens with zero attached hydrogens (tertiary/aromatic N) is 2. The van der Waals surface area contributed by atoms with Gasteiger partial charge in [-0.2, -0.15) is 9.97 Å². The summed E-state index contributed by atoms with van der Waals surface area (Å²) >= 11 is 21.9. The Labute approximate surface area is 88.2 Å². The summed E-state index contributed by atoms with van der Waals surface area (Å²) in [7, 11) is 0. The molecule has 0 aliphatic heterocycles. The first-order chi connectivity index (χ1) is 5.39. The lowest BCUT2D eigenvalue weighted by atomic mass is 10.4. The van der Waals surface area contributed by atoms with E-state index in [-0.39, 0.29) is 10.8 Å². The molecule has 7 heteroatoms. The average molecular weight is 248 g/mol. The second kappa shape index (κ2) is 3.42. The number of aromatic nitrogens is 2. The maximum atomic E-state index is 8.87. The maximum Gasteiger partial charge on any atom is 0.315 e. The van der Waals surface area contributed by atoms with Gasteiger partial charge in [0.2, 0.25) is 3.79 Å². The normalized spacial score (nSPS) is 11.7. The van der Waals surface area contributed by atoms with E-state index in [2.05, 4.69) is 9.97 Å². The third-order valence-electron chi connectivity index (χ3n) is 0.974. The Kier molecular flexibility index (Phi) is 2.88. The molecular weight excluding hydrogens is 246 g/mol. The van der Waals surface area contributed by atoms with Crippen LogP contribution in [0.1, 0.15) is 5.69 Å². The zero-order chi connectivity index (χ0) is 9.35. The third-order valence-corrected chi connectivity index (χ3v) is 1.75. The molecule has 1 heterocycles. The summed E-state index contributed by atoms with van der Waals surface area (Å²) in [6, 6.07) is 0.734. The summed E-state index contributed by atoms with van der Waals surface area (Å²) in [4.78, 5) is 6.85. The van der Waals surface area contributed by atoms with E-state index in [1.165, 1.54) is 6.07 Å². The Morgan fingerprint density at radius 3 is 2.25 bits per heavy atom. The molecule has 12 heavy (non-hydrogen) atoms. The smallest absolute Gasteiger partial charge is 0.315 e. The van der Waals surface area contributed by atoms with Crippen LogP contribution in [-0.4, -0.2) is 15.1 Å². The fourth-order valence-electron chi connectivity index (χ4n) is 0.551. The van der Waals surface area contributed by atoms with E-state index in [1.54, 1.807) is 0 Å². The third kappa shape index (κ3) is 2.52. The summed E-state index contributed by atoms with van der Waals surface area (Å²) in [5.74, 6) is 0. The monoisotopic (exact) mass is 246 g/mol. The van der Waals surface area contributed by atoms with Crippen LogP contribution in [0.3, 0.4) is 0 Å². The number of hydrogen-bond acceptors (Lipinski definition) is 3. The molecule has 0 saturated carbocycles. The molecule has 0 spiro atoms. The van der Waals surface area contributed by atoms with E-state index in [0.29, 0.717) is 0 Å². The van der Waals surface area contributed by atoms with E-state index < -0.39 is 9.80 Å². The fraction of sp³-hybridized carbons (Fsp3) is 0.200. The molecule has 1 N–H and O–H groups in total. The fourth-order valence-corrected chi connectivity index (χ4v) is 1.02. The highest BCUT2D eigenvalue weighted by molar-refractivity contribution is 6.66. The lowest BCUT2D eigenvalue weighted by Crippen LogP contribution is -2.04. The van der Waals surface area contributed by atoms with E-state index in [4.69, 9.17) is 51.5 Å². The van der Waals surface area contributed by atoms with Gasteiger partial charge in [-0.25, -0.2) is 0 Å². The van der Waals surface area contributed by atoms with Crippen LogP contribution in [0.15, 0.2) is 6.07 Å². The molecule has 0 atom stereocenters. The van der Waals surface area contributed by atoms with E-state index in [9.17, 15) is 0 Å². The predicted molar refractivity (Wildman–Crippen MR) is 47.9 cm³/mol. The Bertz CT molecular complexity index is 278. The van der Waals surface area contributed by atoms with Gasteiger partial charge in [-0.1, -0.05) is 46.4 Å². The lowest BCUT2D eigenvalue weighted by Gasteiger charge is -2.09. The summed E-state index contributed by atoms with van der Waals surface area (Å²) in [6.45, 7) is 0. The van der Waals surface area contributed by atoms with Gasteiger partial charge in [0.1, 0.15) is 10.8 Å². The minimum Gasteiger partial charge on any atom is -0.479 e. The van der Waals surface area contributed by atoms with Gasteiger partial charge in [0.05, 0.1) is 0 Å². The number of rotatable bonds is 0. The van der Waals surface area contributed by atoms with Crippen molar-refractivity contribution in [2.24, 2.45) is 0 Å². The van der Waals surface area contributed by atoms with Crippen LogP contribution in [0.5, 0.6) is 6.01 Å². The zero-order valence-corrected chi connectivity index (χ0v) is 8.45. The first kappa shape index (κ1) is 10.1. The maximum absolute atomic E-state index is 8.87. The molecule has 0 aliphatic rings. The average Bonchev–Trinajstić information content (AvgIpc) is 1.82. The zero-order valence-electron chi connectivity index (χ0n) is 5.43. The Balaban J connectivity index is 3.18. The molecule has 0 unspecified atom stereocenters. The van der Waals surface area contributed by atoms with Crippen LogP contribution in [0.25, 0.3) is 0 Å². The first-order valence-electron chi connectivity index (χ1n) is 2.70. The van der Waals surface area contributed by atoms with Crippen molar-refractivity contribution < 1.29 is 5.11 Å². The van der Waals surface area contributed by atoms with Gasteiger partial charge in [0.25, 0.3) is 0 Å². The van der Waals surface area contributed by atoms with Gasteiger partial charge in [-0.05, 0) is 0 Å². The van der Waals surface area contributed by atoms with E-state index in [0.717, 1.165) is 0 Å². The van der Waals surface area contributed by atoms with Crippen molar-refractivity contribution in [1.29, 1.82) is 0 Å². The second-order valence-corrected chi connectivity index (χ2v) is 4.54. The van der Waals surface area contributed by atoms with Crippen molar-refractivity contribution in [1.82, 2.24) is 9.97 Å². The molecule has 0 fully saturated rings. The van der Waals surface area contributed by atoms with Crippen molar-refractivity contribution >= 4 is 46.4 Å². The molecule has 1 aromatic rings. The highest BCUT2D eigenvalue weighted by atomic mass is 35.6. The largest absolute Gasteiger partial charge is 0.479 e. The summed E-state index contributed by atoms with van der Waals surface area (Å²) in [6.07, 6.45) is 0. The van der Waals surface area contributed by atoms with Gasteiger partial charge in [-0.3, -0.25) is 0 Å². The second-order valence-electron chi connectivity index (χ2n) is 1.87. The number of alkyl halides is 3. The molecule has 0 amide bonds. The number of hydrogen-bond donors (Lipinski definition) is 1. The summed E-state index contributed by atoms with van der Waals surface area (Å²) < 4.78 is -1.70. The van der Waals surface area contributed by atoms with Crippen LogP contribution in [0, 0.1) is 0 Å². The van der Waals surface area contributed by atoms with Crippen molar-refractivity contribution in [2.45, 2.75) is 3.79 Å². The summed E-state index contributed by atoms with van der Waals surface area (Å²) in [5, 5.41) is 8.89. The molecule has 3 nitrogen and oxygen atoms in total. The van der Waals surface area contributed by atoms with Crippen molar-refractivity contribution in [2.75, 3.05) is 0 Å². The van der Waals surface area contributed by atoms with E-state index in [1.807, 2.05) is 0 Å². The Hall–Kier alpha value is 0.0400. The molecule has 0 bridgehead atoms. The van der Waals surface area contributed by atoms with Crippen LogP contribution in [0.4, 0.5) is 0 Å². The highest BCUT2D eigenvalue weighted by Crippen LogP contribution is 2.37. The van der Waals surface area contributed by atoms with Gasteiger partial charge >= 0.3 is 6.01 Å². The Morgan fingerprint density at radius 1 is 1.25 bits per heavy atom. The minimum atomic E-state index is -1.70. The van der Waals surface area contributed by atoms with Gasteiger partial charge in [0.15, 0.2) is 0 Å². The first-order valence-corrected chi connectivity index (χ1v) is 4.21. The molecule has 0 aliphatic carbocycles. The van der Waals surface area contributed by atoms with Crippen molar-refractivity contribution in [3.05, 3.63) is 16.9 Å². The van der Waals surface area contributed by atoms with Gasteiger partial charge in [-0.15, -0.1) is 0 Å². The topological polar surface area (TPSA) is 46.0 Å². The number of aromatic hydroxyl groups is 1. The molecular formula is C5H2Cl4N2O. The lowest BCUT2D eigenvalue weighted by molar-refractivity contribution is 0.428. The molecule has 0 aromatic carbocycles. The quantitative estimate of drug-likeness (QED) is 0.567. The predicted octanol–water partition coefficient (Wildman–Crippen LogP) is 2.66. The molecule has 0 radical (unpaired) electrons. The number of halogens is 4. The van der Waals surface area contributed by atoms with Crippen LogP contribution >= 0.6 is 46.4 Å². The van der Waals surface area contributed by atoms with E-state index >= 15 is 0 Å². The highest BCUT2D eigenvalue weighted by Gasteiger charge is 2.25. The van der Waals surface area contributed by atoms with Crippen molar-refractivity contribution in [3.8, 4) is 6.01 Å². The van der Waals surface area contributed by atoms with Crippen LogP contribution in [0.2, 0.25) is 5.15 Å². The van der Waals surface area contributed by atoms with Crippen LogP contribution < -0.4 is 0 Å². The van der Waals surface area contributed by atoms with Gasteiger partial charge in [0, 0.05) is 6.07 Å². The Morgan fingerprint density at radius 2 is 1.83 bits per heavy atom. The van der Waals surface area contributed by atoms with Crippen molar-refractivity contribution in [3.63, 3.8) is 0 Å². The van der Waals surface area contributed by atoms with Crippen LogP contribution in [-0.2, 0) is 3.79 Å². The SMILES string of the molecule is Oc1nc(Cl)cc(C(Cl)(Cl)Cl)n1. The molecule has 1 rings (SSSR count). The minimum absolute atomic E-state index is 0.0174. The summed E-state index contributed by atoms with van der Waals surface area (Å²) in [5.41, 5.74) is 0.0324. The molecule has 0 saturated heterocycles. The molecule has 66 valence electrons.